The molecule has 0 unspecified atom stereocenters. The zero-order chi connectivity index (χ0) is 14.2. The number of rotatable bonds is 2. The summed E-state index contributed by atoms with van der Waals surface area (Å²) in [5, 5.41) is 0. The van der Waals surface area contributed by atoms with Crippen LogP contribution in [0.5, 0.6) is 0 Å². The molecule has 1 N–H and O–H groups in total. The topological polar surface area (TPSA) is 71.9 Å². The molecule has 1 aliphatic rings. The molecular formula is C14H20N2O3. The maximum absolute atomic E-state index is 12.2. The van der Waals surface area contributed by atoms with Gasteiger partial charge in [0.25, 0.3) is 5.56 Å². The monoisotopic (exact) mass is 264 g/mol. The first-order valence-electron chi connectivity index (χ1n) is 6.67. The van der Waals surface area contributed by atoms with Gasteiger partial charge in [-0.2, -0.15) is 0 Å². The normalized spacial score (nSPS) is 19.3. The van der Waals surface area contributed by atoms with E-state index in [0.29, 0.717) is 0 Å². The van der Waals surface area contributed by atoms with Crippen LogP contribution in [0.15, 0.2) is 15.8 Å². The molecule has 0 radical (unpaired) electrons. The van der Waals surface area contributed by atoms with Gasteiger partial charge in [0.1, 0.15) is 0 Å². The standard InChI is InChI=1S/C14H20N2O3/c1-9(17)11-8-15-13(19)16(12(11)18)10-4-6-14(2,3)7-5-10/h8,10H,4-7H2,1-3H3,(H,15,19). The van der Waals surface area contributed by atoms with Crippen LogP contribution in [-0.4, -0.2) is 15.3 Å². The Morgan fingerprint density at radius 2 is 1.89 bits per heavy atom. The van der Waals surface area contributed by atoms with Gasteiger partial charge in [-0.3, -0.25) is 14.2 Å². The molecule has 0 amide bonds. The first kappa shape index (κ1) is 13.8. The number of hydrogen-bond acceptors (Lipinski definition) is 3. The van der Waals surface area contributed by atoms with Gasteiger partial charge in [-0.25, -0.2) is 4.79 Å². The third kappa shape index (κ3) is 2.69. The van der Waals surface area contributed by atoms with Crippen molar-refractivity contribution in [2.75, 3.05) is 0 Å². The van der Waals surface area contributed by atoms with Crippen molar-refractivity contribution in [1.29, 1.82) is 0 Å². The Labute approximate surface area is 111 Å². The molecule has 0 aromatic carbocycles. The van der Waals surface area contributed by atoms with Crippen LogP contribution in [0.25, 0.3) is 0 Å². The molecule has 1 fully saturated rings. The fraction of sp³-hybridized carbons (Fsp3) is 0.643. The van der Waals surface area contributed by atoms with Crippen molar-refractivity contribution in [1.82, 2.24) is 9.55 Å². The van der Waals surface area contributed by atoms with E-state index in [0.717, 1.165) is 25.7 Å². The first-order chi connectivity index (χ1) is 8.82. The van der Waals surface area contributed by atoms with Crippen molar-refractivity contribution in [3.05, 3.63) is 32.6 Å². The second kappa shape index (κ2) is 4.79. The summed E-state index contributed by atoms with van der Waals surface area (Å²) in [5.41, 5.74) is -0.546. The molecule has 1 aromatic heterocycles. The van der Waals surface area contributed by atoms with Gasteiger partial charge in [-0.1, -0.05) is 13.8 Å². The number of carbonyl (C=O) groups is 1. The maximum Gasteiger partial charge on any atom is 0.328 e. The van der Waals surface area contributed by atoms with Crippen molar-refractivity contribution >= 4 is 5.78 Å². The number of hydrogen-bond donors (Lipinski definition) is 1. The van der Waals surface area contributed by atoms with Gasteiger partial charge in [0.2, 0.25) is 0 Å². The van der Waals surface area contributed by atoms with Crippen LogP contribution >= 0.6 is 0 Å². The number of Topliss-reactive ketones (excluding diaryl/α,β-unsaturated/α-hetero) is 1. The molecule has 0 aliphatic heterocycles. The molecule has 104 valence electrons. The van der Waals surface area contributed by atoms with Crippen molar-refractivity contribution in [2.24, 2.45) is 5.41 Å². The lowest BCUT2D eigenvalue weighted by atomic mass is 9.75. The molecule has 2 rings (SSSR count). The largest absolute Gasteiger partial charge is 0.328 e. The Morgan fingerprint density at radius 1 is 1.32 bits per heavy atom. The summed E-state index contributed by atoms with van der Waals surface area (Å²) in [7, 11) is 0. The number of aromatic nitrogens is 2. The van der Waals surface area contributed by atoms with Gasteiger partial charge in [-0.15, -0.1) is 0 Å². The number of aromatic amines is 1. The van der Waals surface area contributed by atoms with Crippen LogP contribution in [0, 0.1) is 5.41 Å². The number of H-pyrrole nitrogens is 1. The van der Waals surface area contributed by atoms with Gasteiger partial charge in [0.05, 0.1) is 5.56 Å². The lowest BCUT2D eigenvalue weighted by molar-refractivity contribution is 0.101. The quantitative estimate of drug-likeness (QED) is 0.829. The molecule has 1 saturated carbocycles. The Balaban J connectivity index is 2.41. The highest BCUT2D eigenvalue weighted by Gasteiger charge is 2.29. The summed E-state index contributed by atoms with van der Waals surface area (Å²) in [5.74, 6) is -0.314. The van der Waals surface area contributed by atoms with Crippen LogP contribution in [-0.2, 0) is 0 Å². The SMILES string of the molecule is CC(=O)c1c[nH]c(=O)n(C2CCC(C)(C)CC2)c1=O. The van der Waals surface area contributed by atoms with Crippen LogP contribution in [0.2, 0.25) is 0 Å². The summed E-state index contributed by atoms with van der Waals surface area (Å²) in [6, 6.07) is -0.0939. The molecule has 5 nitrogen and oxygen atoms in total. The fourth-order valence-electron chi connectivity index (χ4n) is 2.71. The average Bonchev–Trinajstić information content (AvgIpc) is 2.30. The van der Waals surface area contributed by atoms with E-state index in [9.17, 15) is 14.4 Å². The van der Waals surface area contributed by atoms with Gasteiger partial charge in [0.15, 0.2) is 5.78 Å². The second-order valence-corrected chi connectivity index (χ2v) is 6.13. The number of carbonyl (C=O) groups excluding carboxylic acids is 1. The minimum Gasteiger partial charge on any atom is -0.313 e. The van der Waals surface area contributed by atoms with Gasteiger partial charge >= 0.3 is 5.69 Å². The molecule has 5 heteroatoms. The summed E-state index contributed by atoms with van der Waals surface area (Å²) >= 11 is 0. The van der Waals surface area contributed by atoms with E-state index in [1.54, 1.807) is 0 Å². The lowest BCUT2D eigenvalue weighted by Crippen LogP contribution is -2.42. The minimum absolute atomic E-state index is 0.0597. The average molecular weight is 264 g/mol. The maximum atomic E-state index is 12.2. The third-order valence-electron chi connectivity index (χ3n) is 4.06. The van der Waals surface area contributed by atoms with Gasteiger partial charge < -0.3 is 4.98 Å². The predicted octanol–water partition coefficient (Wildman–Crippen LogP) is 1.88. The highest BCUT2D eigenvalue weighted by molar-refractivity contribution is 5.93. The Bertz CT molecular complexity index is 600. The molecule has 1 aliphatic carbocycles. The van der Waals surface area contributed by atoms with Crippen LogP contribution in [0.4, 0.5) is 0 Å². The number of nitrogens with one attached hydrogen (secondary N) is 1. The van der Waals surface area contributed by atoms with E-state index in [2.05, 4.69) is 18.8 Å². The molecule has 0 atom stereocenters. The van der Waals surface area contributed by atoms with Crippen molar-refractivity contribution in [3.8, 4) is 0 Å². The highest BCUT2D eigenvalue weighted by Crippen LogP contribution is 2.39. The smallest absolute Gasteiger partial charge is 0.313 e. The zero-order valence-electron chi connectivity index (χ0n) is 11.7. The van der Waals surface area contributed by atoms with Crippen LogP contribution in [0.3, 0.4) is 0 Å². The molecule has 0 spiro atoms. The van der Waals surface area contributed by atoms with E-state index in [-0.39, 0.29) is 22.8 Å². The summed E-state index contributed by atoms with van der Waals surface area (Å²) < 4.78 is 1.23. The van der Waals surface area contributed by atoms with E-state index < -0.39 is 11.2 Å². The van der Waals surface area contributed by atoms with E-state index >= 15 is 0 Å². The summed E-state index contributed by atoms with van der Waals surface area (Å²) in [6.45, 7) is 5.73. The van der Waals surface area contributed by atoms with E-state index in [1.807, 2.05) is 0 Å². The van der Waals surface area contributed by atoms with Crippen molar-refractivity contribution in [3.63, 3.8) is 0 Å². The Morgan fingerprint density at radius 3 is 2.42 bits per heavy atom. The molecular weight excluding hydrogens is 244 g/mol. The molecule has 0 saturated heterocycles. The minimum atomic E-state index is -0.457. The highest BCUT2D eigenvalue weighted by atomic mass is 16.2. The van der Waals surface area contributed by atoms with Crippen LogP contribution < -0.4 is 11.2 Å². The molecule has 0 bridgehead atoms. The number of nitrogens with zero attached hydrogens (tertiary/aromatic N) is 1. The van der Waals surface area contributed by atoms with Crippen molar-refractivity contribution in [2.45, 2.75) is 52.5 Å². The summed E-state index contributed by atoms with van der Waals surface area (Å²) in [4.78, 5) is 38.0. The third-order valence-corrected chi connectivity index (χ3v) is 4.06. The fourth-order valence-corrected chi connectivity index (χ4v) is 2.71. The van der Waals surface area contributed by atoms with Gasteiger partial charge in [0, 0.05) is 12.2 Å². The Hall–Kier alpha value is -1.65. The Kier molecular flexibility index (Phi) is 3.47. The zero-order valence-corrected chi connectivity index (χ0v) is 11.7. The predicted molar refractivity (Wildman–Crippen MR) is 72.6 cm³/mol. The van der Waals surface area contributed by atoms with Gasteiger partial charge in [-0.05, 0) is 38.0 Å². The molecule has 1 heterocycles. The second-order valence-electron chi connectivity index (χ2n) is 6.13. The first-order valence-corrected chi connectivity index (χ1v) is 6.67. The molecule has 1 aromatic rings. The number of ketones is 1. The van der Waals surface area contributed by atoms with Crippen LogP contribution in [0.1, 0.15) is 62.9 Å². The molecule has 19 heavy (non-hydrogen) atoms. The lowest BCUT2D eigenvalue weighted by Gasteiger charge is -2.34. The summed E-state index contributed by atoms with van der Waals surface area (Å²) in [6.07, 6.45) is 4.78. The van der Waals surface area contributed by atoms with E-state index in [4.69, 9.17) is 0 Å². The van der Waals surface area contributed by atoms with E-state index in [1.165, 1.54) is 17.7 Å². The van der Waals surface area contributed by atoms with Crippen molar-refractivity contribution < 1.29 is 4.79 Å².